The summed E-state index contributed by atoms with van der Waals surface area (Å²) in [6.45, 7) is 0. The van der Waals surface area contributed by atoms with Gasteiger partial charge in [-0.3, -0.25) is 0 Å². The lowest BCUT2D eigenvalue weighted by atomic mass is 9.99. The normalized spacial score (nSPS) is 11.3. The zero-order valence-corrected chi connectivity index (χ0v) is 28.9. The maximum Gasteiger partial charge on any atom is 0.227 e. The summed E-state index contributed by atoms with van der Waals surface area (Å²) in [4.78, 5) is 7.07. The van der Waals surface area contributed by atoms with Crippen molar-refractivity contribution < 1.29 is 4.42 Å². The number of fused-ring (bicyclic) bond motifs is 6. The molecule has 0 atom stereocenters. The van der Waals surface area contributed by atoms with E-state index < -0.39 is 0 Å². The first-order chi connectivity index (χ1) is 26.6. The van der Waals surface area contributed by atoms with E-state index in [1.54, 1.807) is 0 Å². The molecule has 0 amide bonds. The molecule has 0 unspecified atom stereocenters. The topological polar surface area (TPSA) is 76.8 Å². The van der Waals surface area contributed by atoms with Crippen molar-refractivity contribution in [2.24, 2.45) is 0 Å². The summed E-state index contributed by atoms with van der Waals surface area (Å²) in [5.74, 6) is 0. The molecule has 54 heavy (non-hydrogen) atoms. The second-order valence-corrected chi connectivity index (χ2v) is 13.5. The molecule has 10 aromatic rings. The number of hydrogen-bond donors (Lipinski definition) is 0. The molecule has 0 aliphatic carbocycles. The molecule has 0 aliphatic heterocycles. The number of nitriles is 2. The Balaban J connectivity index is 1.07. The predicted octanol–water partition coefficient (Wildman–Crippen LogP) is 13.0. The predicted molar refractivity (Wildman–Crippen MR) is 219 cm³/mol. The first-order valence-electron chi connectivity index (χ1n) is 17.7. The summed E-state index contributed by atoms with van der Waals surface area (Å²) in [6, 6.07) is 62.6. The van der Waals surface area contributed by atoms with Gasteiger partial charge in [0.25, 0.3) is 0 Å². The van der Waals surface area contributed by atoms with E-state index >= 15 is 0 Å². The van der Waals surface area contributed by atoms with E-state index in [1.807, 2.05) is 54.6 Å². The van der Waals surface area contributed by atoms with Crippen LogP contribution in [-0.4, -0.2) is 4.98 Å². The minimum Gasteiger partial charge on any atom is -0.438 e. The summed E-state index contributed by atoms with van der Waals surface area (Å²) in [7, 11) is 0. The van der Waals surface area contributed by atoms with Crippen molar-refractivity contribution in [1.82, 2.24) is 4.98 Å². The van der Waals surface area contributed by atoms with Gasteiger partial charge >= 0.3 is 0 Å². The SMILES string of the molecule is N#Cc1ccc2ccc(-c3ccc(N(c4ccc(-c5ccc6ccc(C#N)cc6c5)cc4)c4ccc5c(c4)oc4nc6ccccc6cc45)cc3)cc2c1. The largest absolute Gasteiger partial charge is 0.438 e. The van der Waals surface area contributed by atoms with Gasteiger partial charge in [0, 0.05) is 39.3 Å². The molecule has 5 heteroatoms. The lowest BCUT2D eigenvalue weighted by Crippen LogP contribution is -2.09. The fourth-order valence-corrected chi connectivity index (χ4v) is 7.48. The van der Waals surface area contributed by atoms with Crippen molar-refractivity contribution in [3.05, 3.63) is 181 Å². The van der Waals surface area contributed by atoms with E-state index in [-0.39, 0.29) is 0 Å². The zero-order chi connectivity index (χ0) is 36.2. The van der Waals surface area contributed by atoms with Crippen LogP contribution in [0.25, 0.3) is 76.8 Å². The van der Waals surface area contributed by atoms with Crippen LogP contribution in [-0.2, 0) is 0 Å². The van der Waals surface area contributed by atoms with Gasteiger partial charge in [-0.25, -0.2) is 4.98 Å². The Bertz CT molecular complexity index is 3040. The Morgan fingerprint density at radius 3 is 1.56 bits per heavy atom. The summed E-state index contributed by atoms with van der Waals surface area (Å²) in [6.07, 6.45) is 0. The fourth-order valence-electron chi connectivity index (χ4n) is 7.48. The monoisotopic (exact) mass is 688 g/mol. The van der Waals surface area contributed by atoms with Crippen LogP contribution in [0.15, 0.2) is 174 Å². The smallest absolute Gasteiger partial charge is 0.227 e. The van der Waals surface area contributed by atoms with Crippen molar-refractivity contribution in [2.75, 3.05) is 4.90 Å². The van der Waals surface area contributed by atoms with E-state index in [0.717, 1.165) is 88.1 Å². The molecule has 0 N–H and O–H groups in total. The van der Waals surface area contributed by atoms with E-state index in [2.05, 4.69) is 132 Å². The highest BCUT2D eigenvalue weighted by atomic mass is 16.3. The molecule has 0 saturated carbocycles. The molecule has 0 radical (unpaired) electrons. The maximum absolute atomic E-state index is 9.44. The Kier molecular flexibility index (Phi) is 7.18. The molecule has 0 bridgehead atoms. The molecule has 0 fully saturated rings. The van der Waals surface area contributed by atoms with Gasteiger partial charge in [0.1, 0.15) is 5.58 Å². The Morgan fingerprint density at radius 1 is 0.426 bits per heavy atom. The highest BCUT2D eigenvalue weighted by molar-refractivity contribution is 6.08. The molecular formula is C49H28N4O. The molecule has 8 aromatic carbocycles. The number of nitrogens with zero attached hydrogens (tertiary/aromatic N) is 4. The maximum atomic E-state index is 9.44. The van der Waals surface area contributed by atoms with E-state index in [9.17, 15) is 10.5 Å². The van der Waals surface area contributed by atoms with Crippen LogP contribution in [0.5, 0.6) is 0 Å². The van der Waals surface area contributed by atoms with Crippen LogP contribution in [0.4, 0.5) is 17.1 Å². The second kappa shape index (κ2) is 12.5. The summed E-state index contributed by atoms with van der Waals surface area (Å²) >= 11 is 0. The lowest BCUT2D eigenvalue weighted by Gasteiger charge is -2.26. The van der Waals surface area contributed by atoms with E-state index in [0.29, 0.717) is 16.8 Å². The van der Waals surface area contributed by atoms with Gasteiger partial charge in [0.05, 0.1) is 28.8 Å². The third-order valence-electron chi connectivity index (χ3n) is 10.3. The number of aromatic nitrogens is 1. The third-order valence-corrected chi connectivity index (χ3v) is 10.3. The number of pyridine rings is 1. The summed E-state index contributed by atoms with van der Waals surface area (Å²) < 4.78 is 6.40. The third kappa shape index (κ3) is 5.37. The van der Waals surface area contributed by atoms with Crippen LogP contribution >= 0.6 is 0 Å². The average Bonchev–Trinajstić information content (AvgIpc) is 3.59. The fraction of sp³-hybridized carbons (Fsp3) is 0. The van der Waals surface area contributed by atoms with Gasteiger partial charge < -0.3 is 9.32 Å². The molecular weight excluding hydrogens is 661 g/mol. The minimum absolute atomic E-state index is 0.621. The number of benzene rings is 8. The molecule has 2 aromatic heterocycles. The molecule has 0 saturated heterocycles. The average molecular weight is 689 g/mol. The zero-order valence-electron chi connectivity index (χ0n) is 28.9. The lowest BCUT2D eigenvalue weighted by molar-refractivity contribution is 0.656. The standard InChI is InChI=1S/C49H28N4O/c50-29-31-5-7-35-9-11-37(25-40(35)23-31)33-13-17-42(18-14-33)53(43-19-15-34(16-20-43)38-12-10-36-8-6-32(30-51)24-41(36)26-38)44-21-22-45-46-27-39-3-1-2-4-47(39)52-49(46)54-48(45)28-44/h1-28H. The van der Waals surface area contributed by atoms with E-state index in [1.165, 1.54) is 0 Å². The number of furan rings is 1. The quantitative estimate of drug-likeness (QED) is 0.180. The van der Waals surface area contributed by atoms with Crippen molar-refractivity contribution in [2.45, 2.75) is 0 Å². The number of rotatable bonds is 5. The molecule has 10 rings (SSSR count). The van der Waals surface area contributed by atoms with Crippen LogP contribution in [0.2, 0.25) is 0 Å². The molecule has 0 aliphatic rings. The van der Waals surface area contributed by atoms with Crippen LogP contribution < -0.4 is 4.90 Å². The molecule has 250 valence electrons. The molecule has 2 heterocycles. The van der Waals surface area contributed by atoms with Gasteiger partial charge in [-0.05, 0) is 129 Å². The van der Waals surface area contributed by atoms with Gasteiger partial charge in [-0.15, -0.1) is 0 Å². The van der Waals surface area contributed by atoms with E-state index in [4.69, 9.17) is 9.40 Å². The molecule has 5 nitrogen and oxygen atoms in total. The van der Waals surface area contributed by atoms with Gasteiger partial charge in [-0.1, -0.05) is 78.9 Å². The highest BCUT2D eigenvalue weighted by Crippen LogP contribution is 2.40. The van der Waals surface area contributed by atoms with Gasteiger partial charge in [0.2, 0.25) is 5.71 Å². The number of para-hydroxylation sites is 1. The Hall–Kier alpha value is -7.73. The van der Waals surface area contributed by atoms with Gasteiger partial charge in [-0.2, -0.15) is 10.5 Å². The first-order valence-corrected chi connectivity index (χ1v) is 17.7. The van der Waals surface area contributed by atoms with Crippen molar-refractivity contribution >= 4 is 71.6 Å². The first kappa shape index (κ1) is 31.0. The Labute approximate surface area is 310 Å². The molecule has 0 spiro atoms. The second-order valence-electron chi connectivity index (χ2n) is 13.5. The van der Waals surface area contributed by atoms with Crippen LogP contribution in [0.1, 0.15) is 11.1 Å². The summed E-state index contributed by atoms with van der Waals surface area (Å²) in [5.41, 5.74) is 10.9. The highest BCUT2D eigenvalue weighted by Gasteiger charge is 2.17. The number of hydrogen-bond acceptors (Lipinski definition) is 5. The van der Waals surface area contributed by atoms with Crippen molar-refractivity contribution in [3.8, 4) is 34.4 Å². The minimum atomic E-state index is 0.621. The number of anilines is 3. The van der Waals surface area contributed by atoms with Crippen LogP contribution in [0, 0.1) is 22.7 Å². The van der Waals surface area contributed by atoms with Gasteiger partial charge in [0.15, 0.2) is 0 Å². The Morgan fingerprint density at radius 2 is 0.963 bits per heavy atom. The van der Waals surface area contributed by atoms with Crippen molar-refractivity contribution in [3.63, 3.8) is 0 Å². The van der Waals surface area contributed by atoms with Crippen molar-refractivity contribution in [1.29, 1.82) is 10.5 Å². The summed E-state index contributed by atoms with van der Waals surface area (Å²) in [5, 5.41) is 26.3. The van der Waals surface area contributed by atoms with Crippen LogP contribution in [0.3, 0.4) is 0 Å².